The normalized spacial score (nSPS) is 9.91. The number of aromatic amines is 1. The van der Waals surface area contributed by atoms with Gasteiger partial charge in [-0.1, -0.05) is 11.3 Å². The number of anilines is 1. The molecule has 0 fully saturated rings. The number of carbonyl (C=O) groups excluding carboxylic acids is 2. The van der Waals surface area contributed by atoms with Crippen LogP contribution in [0.4, 0.5) is 5.00 Å². The quantitative estimate of drug-likeness (QED) is 0.564. The highest BCUT2D eigenvalue weighted by Crippen LogP contribution is 2.25. The number of fused-ring (bicyclic) bond motifs is 1. The summed E-state index contributed by atoms with van der Waals surface area (Å²) in [6.45, 7) is 2.17. The molecule has 0 aliphatic carbocycles. The summed E-state index contributed by atoms with van der Waals surface area (Å²) in [7, 11) is 1.31. The van der Waals surface area contributed by atoms with Crippen molar-refractivity contribution in [3.05, 3.63) is 40.8 Å². The van der Waals surface area contributed by atoms with Crippen LogP contribution in [0.2, 0.25) is 0 Å². The molecule has 3 N–H and O–H groups in total. The SMILES string of the molecule is COC=O.Cc1nc(C(=O)c2c[nH]c3ncccc23)sc1N. The predicted molar refractivity (Wildman–Crippen MR) is 83.9 cm³/mol. The Kier molecular flexibility index (Phi) is 4.84. The van der Waals surface area contributed by atoms with Gasteiger partial charge < -0.3 is 15.5 Å². The van der Waals surface area contributed by atoms with Crippen molar-refractivity contribution in [1.82, 2.24) is 15.0 Å². The van der Waals surface area contributed by atoms with Gasteiger partial charge in [-0.3, -0.25) is 9.59 Å². The number of rotatable bonds is 3. The van der Waals surface area contributed by atoms with Crippen LogP contribution < -0.4 is 5.73 Å². The van der Waals surface area contributed by atoms with Gasteiger partial charge in [-0.25, -0.2) is 9.97 Å². The van der Waals surface area contributed by atoms with E-state index in [4.69, 9.17) is 10.5 Å². The Morgan fingerprint density at radius 2 is 2.23 bits per heavy atom. The molecular formula is C14H14N4O3S. The van der Waals surface area contributed by atoms with E-state index >= 15 is 0 Å². The zero-order chi connectivity index (χ0) is 16.1. The van der Waals surface area contributed by atoms with Gasteiger partial charge in [0.2, 0.25) is 5.78 Å². The van der Waals surface area contributed by atoms with Crippen LogP contribution in [0.15, 0.2) is 24.5 Å². The largest absolute Gasteiger partial charge is 0.471 e. The van der Waals surface area contributed by atoms with E-state index in [1.54, 1.807) is 25.4 Å². The number of pyridine rings is 1. The Balaban J connectivity index is 0.000000396. The Labute approximate surface area is 130 Å². The maximum absolute atomic E-state index is 12.3. The van der Waals surface area contributed by atoms with Gasteiger partial charge in [0.15, 0.2) is 5.01 Å². The maximum atomic E-state index is 12.3. The number of ether oxygens (including phenoxy) is 1. The molecule has 0 spiro atoms. The fraction of sp³-hybridized carbons (Fsp3) is 0.143. The number of thiazole rings is 1. The fourth-order valence-electron chi connectivity index (χ4n) is 1.76. The van der Waals surface area contributed by atoms with Gasteiger partial charge in [0.25, 0.3) is 6.47 Å². The average molecular weight is 318 g/mol. The first-order chi connectivity index (χ1) is 10.6. The zero-order valence-corrected chi connectivity index (χ0v) is 12.8. The van der Waals surface area contributed by atoms with E-state index in [9.17, 15) is 4.79 Å². The first-order valence-corrected chi connectivity index (χ1v) is 7.06. The molecule has 0 aromatic carbocycles. The summed E-state index contributed by atoms with van der Waals surface area (Å²) in [4.78, 5) is 32.6. The highest BCUT2D eigenvalue weighted by molar-refractivity contribution is 7.17. The molecule has 0 saturated carbocycles. The molecule has 8 heteroatoms. The van der Waals surface area contributed by atoms with Crippen molar-refractivity contribution in [2.75, 3.05) is 12.8 Å². The number of nitrogens with zero attached hydrogens (tertiary/aromatic N) is 2. The molecule has 3 aromatic heterocycles. The van der Waals surface area contributed by atoms with E-state index in [1.807, 2.05) is 6.07 Å². The molecule has 3 rings (SSSR count). The maximum Gasteiger partial charge on any atom is 0.292 e. The highest BCUT2D eigenvalue weighted by Gasteiger charge is 2.18. The monoisotopic (exact) mass is 318 g/mol. The summed E-state index contributed by atoms with van der Waals surface area (Å²) in [5.74, 6) is -0.126. The summed E-state index contributed by atoms with van der Waals surface area (Å²) in [5, 5.41) is 1.79. The number of hydrogen-bond acceptors (Lipinski definition) is 7. The van der Waals surface area contributed by atoms with Crippen molar-refractivity contribution in [3.63, 3.8) is 0 Å². The number of aryl methyl sites for hydroxylation is 1. The standard InChI is InChI=1S/C12H10N4OS.C2H4O2/c1-6-10(13)18-12(16-6)9(17)8-5-15-11-7(8)3-2-4-14-11;1-4-2-3/h2-5H,13H2,1H3,(H,14,15);2H,1H3. The van der Waals surface area contributed by atoms with E-state index < -0.39 is 0 Å². The highest BCUT2D eigenvalue weighted by atomic mass is 32.1. The van der Waals surface area contributed by atoms with Crippen molar-refractivity contribution in [1.29, 1.82) is 0 Å². The topological polar surface area (TPSA) is 111 Å². The Morgan fingerprint density at radius 3 is 2.82 bits per heavy atom. The molecule has 114 valence electrons. The van der Waals surface area contributed by atoms with E-state index in [0.29, 0.717) is 33.4 Å². The minimum Gasteiger partial charge on any atom is -0.471 e. The molecule has 0 amide bonds. The van der Waals surface area contributed by atoms with Crippen molar-refractivity contribution >= 4 is 39.6 Å². The van der Waals surface area contributed by atoms with E-state index in [1.165, 1.54) is 18.4 Å². The Hall–Kier alpha value is -2.74. The number of nitrogens with two attached hydrogens (primary N) is 1. The first-order valence-electron chi connectivity index (χ1n) is 6.24. The Bertz CT molecular complexity index is 790. The van der Waals surface area contributed by atoms with Crippen molar-refractivity contribution in [2.45, 2.75) is 6.92 Å². The number of carbonyl (C=O) groups is 2. The molecule has 0 unspecified atom stereocenters. The van der Waals surface area contributed by atoms with Crippen LogP contribution in [0.5, 0.6) is 0 Å². The molecular weight excluding hydrogens is 304 g/mol. The summed E-state index contributed by atoms with van der Waals surface area (Å²) < 4.78 is 3.86. The molecule has 0 saturated heterocycles. The minimum absolute atomic E-state index is 0.126. The fourth-order valence-corrected chi connectivity index (χ4v) is 2.55. The first kappa shape index (κ1) is 15.6. The van der Waals surface area contributed by atoms with Gasteiger partial charge in [-0.15, -0.1) is 0 Å². The second-order valence-corrected chi connectivity index (χ2v) is 5.26. The summed E-state index contributed by atoms with van der Waals surface area (Å²) in [6, 6.07) is 3.66. The number of nitrogens with one attached hydrogen (secondary N) is 1. The molecule has 3 aromatic rings. The molecule has 3 heterocycles. The predicted octanol–water partition coefficient (Wildman–Crippen LogP) is 1.93. The van der Waals surface area contributed by atoms with E-state index in [-0.39, 0.29) is 5.78 Å². The van der Waals surface area contributed by atoms with Crippen LogP contribution in [0, 0.1) is 6.92 Å². The molecule has 0 aliphatic rings. The van der Waals surface area contributed by atoms with Gasteiger partial charge in [0, 0.05) is 17.8 Å². The van der Waals surface area contributed by atoms with Crippen LogP contribution in [-0.2, 0) is 9.53 Å². The molecule has 0 radical (unpaired) electrons. The third kappa shape index (κ3) is 3.12. The smallest absolute Gasteiger partial charge is 0.292 e. The minimum atomic E-state index is -0.126. The van der Waals surface area contributed by atoms with Gasteiger partial charge >= 0.3 is 0 Å². The Morgan fingerprint density at radius 1 is 1.50 bits per heavy atom. The lowest BCUT2D eigenvalue weighted by molar-refractivity contribution is -0.126. The molecule has 0 atom stereocenters. The van der Waals surface area contributed by atoms with E-state index in [2.05, 4.69) is 19.7 Å². The van der Waals surface area contributed by atoms with Crippen LogP contribution in [0.3, 0.4) is 0 Å². The lowest BCUT2D eigenvalue weighted by Gasteiger charge is -1.94. The molecule has 0 bridgehead atoms. The van der Waals surface area contributed by atoms with Gasteiger partial charge in [-0.2, -0.15) is 0 Å². The lowest BCUT2D eigenvalue weighted by Crippen LogP contribution is -1.99. The van der Waals surface area contributed by atoms with Crippen LogP contribution in [-0.4, -0.2) is 34.3 Å². The van der Waals surface area contributed by atoms with Crippen molar-refractivity contribution in [3.8, 4) is 0 Å². The summed E-state index contributed by atoms with van der Waals surface area (Å²) in [6.07, 6.45) is 3.34. The van der Waals surface area contributed by atoms with E-state index in [0.717, 1.165) is 5.39 Å². The third-order valence-corrected chi connectivity index (χ3v) is 3.80. The van der Waals surface area contributed by atoms with Crippen molar-refractivity contribution < 1.29 is 14.3 Å². The molecule has 22 heavy (non-hydrogen) atoms. The number of H-pyrrole nitrogens is 1. The van der Waals surface area contributed by atoms with Gasteiger partial charge in [-0.05, 0) is 19.1 Å². The third-order valence-electron chi connectivity index (χ3n) is 2.82. The van der Waals surface area contributed by atoms with Gasteiger partial charge in [0.1, 0.15) is 10.6 Å². The van der Waals surface area contributed by atoms with Gasteiger partial charge in [0.05, 0.1) is 18.4 Å². The second-order valence-electron chi connectivity index (χ2n) is 4.23. The lowest BCUT2D eigenvalue weighted by atomic mass is 10.1. The number of ketones is 1. The molecule has 0 aliphatic heterocycles. The number of nitrogen functional groups attached to an aromatic ring is 1. The number of methoxy groups -OCH3 is 1. The number of hydrogen-bond donors (Lipinski definition) is 2. The summed E-state index contributed by atoms with van der Waals surface area (Å²) in [5.41, 5.74) is 7.70. The second kappa shape index (κ2) is 6.81. The van der Waals surface area contributed by atoms with Crippen LogP contribution in [0.25, 0.3) is 11.0 Å². The average Bonchev–Trinajstić information content (AvgIpc) is 3.11. The molecule has 7 nitrogen and oxygen atoms in total. The number of aromatic nitrogens is 3. The van der Waals surface area contributed by atoms with Crippen LogP contribution >= 0.6 is 11.3 Å². The summed E-state index contributed by atoms with van der Waals surface area (Å²) >= 11 is 1.21. The zero-order valence-electron chi connectivity index (χ0n) is 12.0. The van der Waals surface area contributed by atoms with Crippen molar-refractivity contribution in [2.24, 2.45) is 0 Å². The van der Waals surface area contributed by atoms with Crippen LogP contribution in [0.1, 0.15) is 21.1 Å².